The number of allylic oxidation sites excluding steroid dienone is 1. The molecule has 0 heterocycles. The Bertz CT molecular complexity index is 585. The lowest BCUT2D eigenvalue weighted by Gasteiger charge is -2.05. The molecule has 2 aromatic carbocycles. The minimum Gasteiger partial charge on any atom is -0.294 e. The van der Waals surface area contributed by atoms with E-state index in [0.29, 0.717) is 6.42 Å². The van der Waals surface area contributed by atoms with E-state index in [1.54, 1.807) is 0 Å². The maximum Gasteiger partial charge on any atom is 0.163 e. The highest BCUT2D eigenvalue weighted by Crippen LogP contribution is 2.14. The summed E-state index contributed by atoms with van der Waals surface area (Å²) in [5, 5.41) is 0.731. The third kappa shape index (κ3) is 4.36. The molecule has 20 heavy (non-hydrogen) atoms. The highest BCUT2D eigenvalue weighted by Gasteiger charge is 2.08. The summed E-state index contributed by atoms with van der Waals surface area (Å²) >= 11 is 5.84. The number of hydrogen-bond acceptors (Lipinski definition) is 1. The summed E-state index contributed by atoms with van der Waals surface area (Å²) in [7, 11) is 0. The molecule has 0 amide bonds. The molecule has 1 nitrogen and oxygen atoms in total. The monoisotopic (exact) mass is 284 g/mol. The Hall–Kier alpha value is -1.86. The van der Waals surface area contributed by atoms with Crippen molar-refractivity contribution in [1.82, 2.24) is 0 Å². The molecule has 0 aliphatic carbocycles. The molecule has 1 atom stereocenters. The number of carbonyl (C=O) groups is 1. The van der Waals surface area contributed by atoms with Gasteiger partial charge in [0.25, 0.3) is 0 Å². The van der Waals surface area contributed by atoms with Crippen LogP contribution in [0.2, 0.25) is 5.02 Å². The van der Waals surface area contributed by atoms with Gasteiger partial charge in [-0.05, 0) is 23.6 Å². The van der Waals surface area contributed by atoms with Crippen LogP contribution in [0.3, 0.4) is 0 Å². The van der Waals surface area contributed by atoms with Gasteiger partial charge in [0.05, 0.1) is 0 Å². The third-order valence-corrected chi connectivity index (χ3v) is 3.34. The first-order valence-corrected chi connectivity index (χ1v) is 7.05. The number of ketones is 1. The molecule has 2 aromatic rings. The van der Waals surface area contributed by atoms with E-state index in [1.165, 1.54) is 0 Å². The number of Topliss-reactive ketones (excluding diaryl/α,β-unsaturated/α-hetero) is 1. The molecule has 0 radical (unpaired) electrons. The van der Waals surface area contributed by atoms with Crippen molar-refractivity contribution in [3.05, 3.63) is 76.8 Å². The molecule has 2 heteroatoms. The number of halogens is 1. The SMILES string of the molecule is C[C@H](/C=C/c1ccc(Cl)cc1)CC(=O)c1ccccc1. The van der Waals surface area contributed by atoms with Crippen LogP contribution in [-0.2, 0) is 0 Å². The fraction of sp³-hybridized carbons (Fsp3) is 0.167. The number of hydrogen-bond donors (Lipinski definition) is 0. The first-order valence-electron chi connectivity index (χ1n) is 6.67. The predicted molar refractivity (Wildman–Crippen MR) is 85.0 cm³/mol. The second kappa shape index (κ2) is 7.06. The van der Waals surface area contributed by atoms with E-state index in [1.807, 2.05) is 67.6 Å². The molecule has 0 saturated carbocycles. The van der Waals surface area contributed by atoms with E-state index in [4.69, 9.17) is 11.6 Å². The van der Waals surface area contributed by atoms with Gasteiger partial charge in [-0.15, -0.1) is 0 Å². The van der Waals surface area contributed by atoms with Crippen LogP contribution in [0.5, 0.6) is 0 Å². The average molecular weight is 285 g/mol. The van der Waals surface area contributed by atoms with E-state index in [2.05, 4.69) is 6.08 Å². The number of rotatable bonds is 5. The topological polar surface area (TPSA) is 17.1 Å². The van der Waals surface area contributed by atoms with Gasteiger partial charge in [-0.25, -0.2) is 0 Å². The van der Waals surface area contributed by atoms with Gasteiger partial charge in [-0.3, -0.25) is 4.79 Å². The Morgan fingerprint density at radius 3 is 2.40 bits per heavy atom. The van der Waals surface area contributed by atoms with Gasteiger partial charge in [0.1, 0.15) is 0 Å². The molecule has 0 aliphatic rings. The van der Waals surface area contributed by atoms with E-state index < -0.39 is 0 Å². The van der Waals surface area contributed by atoms with E-state index in [0.717, 1.165) is 16.1 Å². The Balaban J connectivity index is 1.94. The fourth-order valence-corrected chi connectivity index (χ4v) is 2.08. The van der Waals surface area contributed by atoms with Crippen LogP contribution in [0, 0.1) is 5.92 Å². The van der Waals surface area contributed by atoms with Crippen LogP contribution < -0.4 is 0 Å². The Labute approximate surface area is 124 Å². The first-order chi connectivity index (χ1) is 9.65. The number of benzene rings is 2. The molecule has 0 N–H and O–H groups in total. The average Bonchev–Trinajstić information content (AvgIpc) is 2.47. The van der Waals surface area contributed by atoms with Gasteiger partial charge in [-0.1, -0.05) is 73.1 Å². The Morgan fingerprint density at radius 1 is 1.10 bits per heavy atom. The lowest BCUT2D eigenvalue weighted by atomic mass is 9.99. The lowest BCUT2D eigenvalue weighted by Crippen LogP contribution is -2.03. The molecule has 102 valence electrons. The normalized spacial score (nSPS) is 12.5. The maximum absolute atomic E-state index is 12.1. The van der Waals surface area contributed by atoms with Crippen molar-refractivity contribution in [2.24, 2.45) is 5.92 Å². The molecule has 0 fully saturated rings. The minimum absolute atomic E-state index is 0.179. The second-order valence-corrected chi connectivity index (χ2v) is 5.32. The molecule has 0 saturated heterocycles. The van der Waals surface area contributed by atoms with Crippen LogP contribution in [0.4, 0.5) is 0 Å². The minimum atomic E-state index is 0.179. The largest absolute Gasteiger partial charge is 0.294 e. The second-order valence-electron chi connectivity index (χ2n) is 4.88. The molecule has 0 bridgehead atoms. The van der Waals surface area contributed by atoms with Gasteiger partial charge in [-0.2, -0.15) is 0 Å². The standard InChI is InChI=1S/C18H17ClO/c1-14(7-8-15-9-11-17(19)12-10-15)13-18(20)16-5-3-2-4-6-16/h2-12,14H,13H2,1H3/b8-7+/t14-/m1/s1. The molecule has 0 spiro atoms. The van der Waals surface area contributed by atoms with Crippen LogP contribution in [0.1, 0.15) is 29.3 Å². The van der Waals surface area contributed by atoms with Crippen molar-refractivity contribution in [3.63, 3.8) is 0 Å². The molecular formula is C18H17ClO. The maximum atomic E-state index is 12.1. The zero-order valence-corrected chi connectivity index (χ0v) is 12.2. The summed E-state index contributed by atoms with van der Waals surface area (Å²) < 4.78 is 0. The summed E-state index contributed by atoms with van der Waals surface area (Å²) in [5.41, 5.74) is 1.87. The fourth-order valence-electron chi connectivity index (χ4n) is 1.95. The Kier molecular flexibility index (Phi) is 5.14. The highest BCUT2D eigenvalue weighted by atomic mass is 35.5. The molecule has 0 aliphatic heterocycles. The molecule has 0 unspecified atom stereocenters. The van der Waals surface area contributed by atoms with Crippen molar-refractivity contribution in [2.75, 3.05) is 0 Å². The van der Waals surface area contributed by atoms with Crippen LogP contribution >= 0.6 is 11.6 Å². The van der Waals surface area contributed by atoms with Crippen molar-refractivity contribution >= 4 is 23.5 Å². The highest BCUT2D eigenvalue weighted by molar-refractivity contribution is 6.30. The quantitative estimate of drug-likeness (QED) is 0.684. The lowest BCUT2D eigenvalue weighted by molar-refractivity contribution is 0.0972. The van der Waals surface area contributed by atoms with Crippen LogP contribution in [0.25, 0.3) is 6.08 Å². The van der Waals surface area contributed by atoms with Crippen molar-refractivity contribution in [2.45, 2.75) is 13.3 Å². The first kappa shape index (κ1) is 14.5. The summed E-state index contributed by atoms with van der Waals surface area (Å²) in [6.07, 6.45) is 4.61. The van der Waals surface area contributed by atoms with Gasteiger partial charge in [0.2, 0.25) is 0 Å². The van der Waals surface area contributed by atoms with E-state index in [9.17, 15) is 4.79 Å². The summed E-state index contributed by atoms with van der Waals surface area (Å²) in [6.45, 7) is 2.05. The van der Waals surface area contributed by atoms with E-state index >= 15 is 0 Å². The van der Waals surface area contributed by atoms with Crippen LogP contribution in [0.15, 0.2) is 60.7 Å². The van der Waals surface area contributed by atoms with Gasteiger partial charge >= 0.3 is 0 Å². The molecular weight excluding hydrogens is 268 g/mol. The predicted octanol–water partition coefficient (Wildman–Crippen LogP) is 5.26. The number of carbonyl (C=O) groups excluding carboxylic acids is 1. The summed E-state index contributed by atoms with van der Waals surface area (Å²) in [5.74, 6) is 0.386. The van der Waals surface area contributed by atoms with Crippen LogP contribution in [-0.4, -0.2) is 5.78 Å². The molecule has 0 aromatic heterocycles. The van der Waals surface area contributed by atoms with Crippen molar-refractivity contribution < 1.29 is 4.79 Å². The summed E-state index contributed by atoms with van der Waals surface area (Å²) in [6, 6.07) is 17.1. The van der Waals surface area contributed by atoms with Gasteiger partial charge in [0, 0.05) is 17.0 Å². The Morgan fingerprint density at radius 2 is 1.75 bits per heavy atom. The molecule has 2 rings (SSSR count). The smallest absolute Gasteiger partial charge is 0.163 e. The van der Waals surface area contributed by atoms with Crippen molar-refractivity contribution in [3.8, 4) is 0 Å². The zero-order valence-electron chi connectivity index (χ0n) is 11.4. The zero-order chi connectivity index (χ0) is 14.4. The third-order valence-electron chi connectivity index (χ3n) is 3.09. The summed E-state index contributed by atoms with van der Waals surface area (Å²) in [4.78, 5) is 12.1. The van der Waals surface area contributed by atoms with Gasteiger partial charge in [0.15, 0.2) is 5.78 Å². The van der Waals surface area contributed by atoms with Gasteiger partial charge < -0.3 is 0 Å². The van der Waals surface area contributed by atoms with E-state index in [-0.39, 0.29) is 11.7 Å². The van der Waals surface area contributed by atoms with Crippen molar-refractivity contribution in [1.29, 1.82) is 0 Å².